The smallest absolute Gasteiger partial charge is 0.167 e. The van der Waals surface area contributed by atoms with Crippen LogP contribution in [0.15, 0.2) is 11.1 Å². The molecule has 1 saturated carbocycles. The SMILES string of the molecule is C[C@H]1C(=O)C[C@@H]2CC3=C([C@@H](O)C(C)(C)C3=O)[C@@]21C. The van der Waals surface area contributed by atoms with Crippen molar-refractivity contribution in [2.24, 2.45) is 22.7 Å². The molecule has 1 N–H and O–H groups in total. The maximum absolute atomic E-state index is 12.4. The van der Waals surface area contributed by atoms with Crippen molar-refractivity contribution < 1.29 is 14.7 Å². The predicted octanol–water partition coefficient (Wildman–Crippen LogP) is 1.89. The normalized spacial score (nSPS) is 45.7. The first-order valence-electron chi connectivity index (χ1n) is 6.71. The van der Waals surface area contributed by atoms with Gasteiger partial charge in [-0.3, -0.25) is 9.59 Å². The quantitative estimate of drug-likeness (QED) is 0.712. The largest absolute Gasteiger partial charge is 0.388 e. The maximum Gasteiger partial charge on any atom is 0.167 e. The Balaban J connectivity index is 2.15. The van der Waals surface area contributed by atoms with E-state index < -0.39 is 11.5 Å². The van der Waals surface area contributed by atoms with E-state index in [9.17, 15) is 14.7 Å². The summed E-state index contributed by atoms with van der Waals surface area (Å²) >= 11 is 0. The molecule has 0 amide bonds. The van der Waals surface area contributed by atoms with Crippen molar-refractivity contribution >= 4 is 11.6 Å². The molecule has 3 rings (SSSR count). The molecule has 3 aliphatic rings. The lowest BCUT2D eigenvalue weighted by molar-refractivity contribution is -0.126. The summed E-state index contributed by atoms with van der Waals surface area (Å²) in [6.45, 7) is 7.62. The molecule has 0 radical (unpaired) electrons. The average Bonchev–Trinajstić information content (AvgIpc) is 2.76. The Morgan fingerprint density at radius 1 is 1.17 bits per heavy atom. The minimum atomic E-state index is -0.719. The van der Waals surface area contributed by atoms with Gasteiger partial charge in [-0.25, -0.2) is 0 Å². The van der Waals surface area contributed by atoms with E-state index in [-0.39, 0.29) is 28.8 Å². The Morgan fingerprint density at radius 2 is 1.78 bits per heavy atom. The van der Waals surface area contributed by atoms with E-state index in [1.165, 1.54) is 0 Å². The number of carbonyl (C=O) groups excluding carboxylic acids is 2. The van der Waals surface area contributed by atoms with Gasteiger partial charge < -0.3 is 5.11 Å². The van der Waals surface area contributed by atoms with Crippen LogP contribution in [0.25, 0.3) is 0 Å². The van der Waals surface area contributed by atoms with E-state index in [2.05, 4.69) is 6.92 Å². The molecule has 3 heteroatoms. The zero-order valence-corrected chi connectivity index (χ0v) is 11.4. The molecule has 0 unspecified atom stereocenters. The highest BCUT2D eigenvalue weighted by Gasteiger charge is 2.63. The Labute approximate surface area is 107 Å². The van der Waals surface area contributed by atoms with Crippen LogP contribution in [-0.4, -0.2) is 22.8 Å². The number of aliphatic hydroxyl groups is 1. The van der Waals surface area contributed by atoms with Gasteiger partial charge in [-0.1, -0.05) is 13.8 Å². The first kappa shape index (κ1) is 12.1. The molecular formula is C15H20O3. The summed E-state index contributed by atoms with van der Waals surface area (Å²) in [5.74, 6) is 0.504. The number of ketones is 2. The molecular weight excluding hydrogens is 228 g/mol. The fourth-order valence-corrected chi connectivity index (χ4v) is 4.29. The lowest BCUT2D eigenvalue weighted by Crippen LogP contribution is -2.39. The first-order chi connectivity index (χ1) is 8.22. The molecule has 0 saturated heterocycles. The molecule has 3 nitrogen and oxygen atoms in total. The minimum absolute atomic E-state index is 0.0775. The van der Waals surface area contributed by atoms with E-state index >= 15 is 0 Å². The number of allylic oxidation sites excluding steroid dienone is 1. The first-order valence-corrected chi connectivity index (χ1v) is 6.71. The predicted molar refractivity (Wildman–Crippen MR) is 66.8 cm³/mol. The third kappa shape index (κ3) is 1.05. The molecule has 0 heterocycles. The van der Waals surface area contributed by atoms with Gasteiger partial charge in [0.25, 0.3) is 0 Å². The van der Waals surface area contributed by atoms with Gasteiger partial charge in [0, 0.05) is 17.8 Å². The van der Waals surface area contributed by atoms with Gasteiger partial charge in [0.05, 0.1) is 11.5 Å². The minimum Gasteiger partial charge on any atom is -0.388 e. The number of hydrogen-bond donors (Lipinski definition) is 1. The number of Topliss-reactive ketones (excluding diaryl/α,β-unsaturated/α-hetero) is 2. The molecule has 3 aliphatic carbocycles. The summed E-state index contributed by atoms with van der Waals surface area (Å²) in [5, 5.41) is 10.5. The fraction of sp³-hybridized carbons (Fsp3) is 0.733. The van der Waals surface area contributed by atoms with Gasteiger partial charge >= 0.3 is 0 Å². The third-order valence-electron chi connectivity index (χ3n) is 5.85. The standard InChI is InChI=1S/C15H20O3/c1-7-10(16)6-8-5-9-11(15(7,8)4)13(18)14(2,3)12(9)17/h7-8,13,18H,5-6H2,1-4H3/t7-,8-,13+,15+/m0/s1. The second kappa shape index (κ2) is 3.13. The molecule has 1 fully saturated rings. The van der Waals surface area contributed by atoms with Crippen LogP contribution < -0.4 is 0 Å². The van der Waals surface area contributed by atoms with E-state index in [0.717, 1.165) is 11.1 Å². The molecule has 4 atom stereocenters. The summed E-state index contributed by atoms with van der Waals surface area (Å²) in [4.78, 5) is 24.3. The van der Waals surface area contributed by atoms with Crippen LogP contribution in [0.1, 0.15) is 40.5 Å². The van der Waals surface area contributed by atoms with E-state index in [0.29, 0.717) is 12.8 Å². The number of fused-ring (bicyclic) bond motifs is 2. The van der Waals surface area contributed by atoms with Crippen molar-refractivity contribution in [2.75, 3.05) is 0 Å². The summed E-state index contributed by atoms with van der Waals surface area (Å²) in [7, 11) is 0. The monoisotopic (exact) mass is 248 g/mol. The molecule has 0 aromatic rings. The van der Waals surface area contributed by atoms with Crippen LogP contribution in [0.2, 0.25) is 0 Å². The van der Waals surface area contributed by atoms with Gasteiger partial charge in [0.15, 0.2) is 5.78 Å². The Bertz CT molecular complexity index is 500. The van der Waals surface area contributed by atoms with Crippen LogP contribution in [0.5, 0.6) is 0 Å². The Hall–Kier alpha value is -0.960. The van der Waals surface area contributed by atoms with Crippen LogP contribution in [0.3, 0.4) is 0 Å². The van der Waals surface area contributed by atoms with E-state index in [1.807, 2.05) is 6.92 Å². The third-order valence-corrected chi connectivity index (χ3v) is 5.85. The van der Waals surface area contributed by atoms with E-state index in [4.69, 9.17) is 0 Å². The van der Waals surface area contributed by atoms with Gasteiger partial charge in [-0.2, -0.15) is 0 Å². The topological polar surface area (TPSA) is 54.4 Å². The molecule has 0 bridgehead atoms. The van der Waals surface area contributed by atoms with Crippen molar-refractivity contribution in [3.63, 3.8) is 0 Å². The highest BCUT2D eigenvalue weighted by Crippen LogP contribution is 2.63. The number of hydrogen-bond acceptors (Lipinski definition) is 3. The highest BCUT2D eigenvalue weighted by atomic mass is 16.3. The second-order valence-electron chi connectivity index (χ2n) is 6.92. The molecule has 98 valence electrons. The summed E-state index contributed by atoms with van der Waals surface area (Å²) in [6.07, 6.45) is 0.523. The van der Waals surface area contributed by atoms with Crippen LogP contribution in [0.4, 0.5) is 0 Å². The molecule has 0 aliphatic heterocycles. The Morgan fingerprint density at radius 3 is 2.39 bits per heavy atom. The van der Waals surface area contributed by atoms with E-state index in [1.54, 1.807) is 13.8 Å². The van der Waals surface area contributed by atoms with Gasteiger partial charge in [0.2, 0.25) is 0 Å². The van der Waals surface area contributed by atoms with Crippen LogP contribution in [-0.2, 0) is 9.59 Å². The van der Waals surface area contributed by atoms with Crippen molar-refractivity contribution in [1.82, 2.24) is 0 Å². The Kier molecular flexibility index (Phi) is 2.10. The molecule has 0 aromatic heterocycles. The zero-order chi connectivity index (χ0) is 13.5. The van der Waals surface area contributed by atoms with Crippen molar-refractivity contribution in [3.05, 3.63) is 11.1 Å². The summed E-state index contributed by atoms with van der Waals surface area (Å²) < 4.78 is 0. The lowest BCUT2D eigenvalue weighted by Gasteiger charge is -2.36. The molecule has 18 heavy (non-hydrogen) atoms. The summed E-state index contributed by atoms with van der Waals surface area (Å²) in [6, 6.07) is 0. The number of aliphatic hydroxyl groups excluding tert-OH is 1. The maximum atomic E-state index is 12.4. The number of rotatable bonds is 0. The fourth-order valence-electron chi connectivity index (χ4n) is 4.29. The van der Waals surface area contributed by atoms with Gasteiger partial charge in [-0.15, -0.1) is 0 Å². The van der Waals surface area contributed by atoms with Crippen molar-refractivity contribution in [2.45, 2.75) is 46.6 Å². The van der Waals surface area contributed by atoms with Crippen molar-refractivity contribution in [3.8, 4) is 0 Å². The molecule has 0 aromatic carbocycles. The van der Waals surface area contributed by atoms with Crippen molar-refractivity contribution in [1.29, 1.82) is 0 Å². The second-order valence-corrected chi connectivity index (χ2v) is 6.92. The molecule has 0 spiro atoms. The highest BCUT2D eigenvalue weighted by molar-refractivity contribution is 6.05. The van der Waals surface area contributed by atoms with Crippen LogP contribution in [0, 0.1) is 22.7 Å². The van der Waals surface area contributed by atoms with Crippen LogP contribution >= 0.6 is 0 Å². The van der Waals surface area contributed by atoms with Gasteiger partial charge in [0.1, 0.15) is 5.78 Å². The zero-order valence-electron chi connectivity index (χ0n) is 11.4. The van der Waals surface area contributed by atoms with Gasteiger partial charge in [-0.05, 0) is 37.3 Å². The number of carbonyl (C=O) groups is 2. The summed E-state index contributed by atoms with van der Waals surface area (Å²) in [5.41, 5.74) is 0.680. The lowest BCUT2D eigenvalue weighted by atomic mass is 9.68. The average molecular weight is 248 g/mol.